The molecule has 1 aliphatic carbocycles. The molecule has 194 valence electrons. The number of methoxy groups -OCH3 is 1. The van der Waals surface area contributed by atoms with Crippen LogP contribution in [0.1, 0.15) is 63.3 Å². The maximum atomic E-state index is 13.2. The molecular weight excluding hydrogens is 456 g/mol. The second kappa shape index (κ2) is 9.47. The predicted octanol–water partition coefficient (Wildman–Crippen LogP) is 4.75. The number of nitrogens with two attached hydrogens (primary N) is 1. The van der Waals surface area contributed by atoms with Crippen LogP contribution >= 0.6 is 0 Å². The second-order valence-corrected chi connectivity index (χ2v) is 11.2. The van der Waals surface area contributed by atoms with Crippen molar-refractivity contribution >= 4 is 17.6 Å². The number of ether oxygens (including phenoxy) is 3. The van der Waals surface area contributed by atoms with Gasteiger partial charge in [0.15, 0.2) is 5.82 Å². The van der Waals surface area contributed by atoms with Gasteiger partial charge < -0.3 is 29.7 Å². The fourth-order valence-corrected chi connectivity index (χ4v) is 5.34. The Kier molecular flexibility index (Phi) is 6.49. The molecule has 1 saturated heterocycles. The van der Waals surface area contributed by atoms with E-state index >= 15 is 0 Å². The number of fused-ring (bicyclic) bond motifs is 1. The molecule has 0 bridgehead atoms. The van der Waals surface area contributed by atoms with Crippen LogP contribution in [-0.4, -0.2) is 54.4 Å². The Morgan fingerprint density at radius 3 is 2.47 bits per heavy atom. The summed E-state index contributed by atoms with van der Waals surface area (Å²) in [4.78, 5) is 22.4. The van der Waals surface area contributed by atoms with Crippen molar-refractivity contribution in [1.29, 1.82) is 0 Å². The average Bonchev–Trinajstić information content (AvgIpc) is 3.69. The van der Waals surface area contributed by atoms with Gasteiger partial charge in [-0.3, -0.25) is 0 Å². The minimum absolute atomic E-state index is 0.0223. The summed E-state index contributed by atoms with van der Waals surface area (Å²) in [7, 11) is 1.61. The predicted molar refractivity (Wildman–Crippen MR) is 140 cm³/mol. The molecule has 0 spiro atoms. The smallest absolute Gasteiger partial charge is 0.415 e. The maximum absolute atomic E-state index is 13.2. The van der Waals surface area contributed by atoms with Crippen LogP contribution < -0.4 is 20.1 Å². The van der Waals surface area contributed by atoms with Crippen molar-refractivity contribution < 1.29 is 19.0 Å². The molecule has 0 radical (unpaired) electrons. The first kappa shape index (κ1) is 24.7. The van der Waals surface area contributed by atoms with Gasteiger partial charge in [0.25, 0.3) is 0 Å². The van der Waals surface area contributed by atoms with E-state index < -0.39 is 0 Å². The van der Waals surface area contributed by atoms with E-state index in [0.29, 0.717) is 37.9 Å². The molecule has 1 atom stereocenters. The summed E-state index contributed by atoms with van der Waals surface area (Å²) in [6, 6.07) is 7.05. The lowest BCUT2D eigenvalue weighted by atomic mass is 9.89. The zero-order chi connectivity index (χ0) is 25.6. The Morgan fingerprint density at radius 1 is 1.14 bits per heavy atom. The van der Waals surface area contributed by atoms with Crippen molar-refractivity contribution in [1.82, 2.24) is 9.88 Å². The molecule has 3 aliphatic rings. The van der Waals surface area contributed by atoms with Crippen LogP contribution in [0.5, 0.6) is 11.5 Å². The number of amides is 1. The molecule has 36 heavy (non-hydrogen) atoms. The zero-order valence-electron chi connectivity index (χ0n) is 22.0. The van der Waals surface area contributed by atoms with Gasteiger partial charge in [-0.05, 0) is 62.4 Å². The number of rotatable bonds is 5. The normalized spacial score (nSPS) is 21.3. The van der Waals surface area contributed by atoms with Crippen molar-refractivity contribution in [3.05, 3.63) is 41.1 Å². The number of anilines is 2. The fourth-order valence-electron chi connectivity index (χ4n) is 5.34. The van der Waals surface area contributed by atoms with Gasteiger partial charge in [-0.15, -0.1) is 0 Å². The van der Waals surface area contributed by atoms with Crippen molar-refractivity contribution in [3.8, 4) is 11.5 Å². The number of hydrogen-bond acceptors (Lipinski definition) is 7. The Morgan fingerprint density at radius 2 is 1.83 bits per heavy atom. The van der Waals surface area contributed by atoms with E-state index in [9.17, 15) is 4.79 Å². The lowest BCUT2D eigenvalue weighted by Crippen LogP contribution is -2.58. The number of nitrogen functional groups attached to an aromatic ring is 1. The van der Waals surface area contributed by atoms with E-state index in [0.717, 1.165) is 29.4 Å². The number of carbonyl (C=O) groups is 1. The minimum Gasteiger partial charge on any atom is -0.497 e. The number of benzene rings is 1. The van der Waals surface area contributed by atoms with E-state index in [4.69, 9.17) is 24.9 Å². The highest BCUT2D eigenvalue weighted by Gasteiger charge is 2.39. The quantitative estimate of drug-likeness (QED) is 0.642. The number of piperazine rings is 1. The summed E-state index contributed by atoms with van der Waals surface area (Å²) in [5.74, 6) is 2.83. The zero-order valence-corrected chi connectivity index (χ0v) is 22.0. The summed E-state index contributed by atoms with van der Waals surface area (Å²) >= 11 is 0. The lowest BCUT2D eigenvalue weighted by Gasteiger charge is -2.44. The standard InChI is InChI=1S/C28H38N4O4/c1-17(2)23-15-31(12-13-32(23)27(33)36-20-10-8-19(34-5)9-11-20)26-24(29)21-14-28(3,4)35-16-22(21)25(30-26)18-6-7-18/h8-11,17-18,23H,6-7,12-16,29H2,1-5H3. The van der Waals surface area contributed by atoms with Gasteiger partial charge in [-0.2, -0.15) is 0 Å². The summed E-state index contributed by atoms with van der Waals surface area (Å²) < 4.78 is 17.0. The van der Waals surface area contributed by atoms with Gasteiger partial charge in [-0.25, -0.2) is 9.78 Å². The molecule has 1 aromatic heterocycles. The molecule has 5 rings (SSSR count). The number of nitrogens with zero attached hydrogens (tertiary/aromatic N) is 3. The van der Waals surface area contributed by atoms with E-state index in [1.165, 1.54) is 24.0 Å². The Bertz CT molecular complexity index is 1130. The van der Waals surface area contributed by atoms with Gasteiger partial charge in [0.2, 0.25) is 0 Å². The topological polar surface area (TPSA) is 90.2 Å². The monoisotopic (exact) mass is 494 g/mol. The fraction of sp³-hybridized carbons (Fsp3) is 0.571. The molecule has 2 aromatic rings. The van der Waals surface area contributed by atoms with E-state index in [-0.39, 0.29) is 23.7 Å². The third kappa shape index (κ3) is 4.83. The number of carbonyl (C=O) groups excluding carboxylic acids is 1. The molecule has 1 aromatic carbocycles. The van der Waals surface area contributed by atoms with E-state index in [1.807, 2.05) is 4.90 Å². The summed E-state index contributed by atoms with van der Waals surface area (Å²) in [5.41, 5.74) is 10.9. The molecule has 2 aliphatic heterocycles. The van der Waals surface area contributed by atoms with Gasteiger partial charge in [0.05, 0.1) is 36.7 Å². The van der Waals surface area contributed by atoms with Crippen molar-refractivity contribution in [3.63, 3.8) is 0 Å². The first-order valence-electron chi connectivity index (χ1n) is 13.0. The van der Waals surface area contributed by atoms with Crippen molar-refractivity contribution in [2.75, 3.05) is 37.4 Å². The van der Waals surface area contributed by atoms with Crippen molar-refractivity contribution in [2.45, 2.75) is 71.1 Å². The van der Waals surface area contributed by atoms with Crippen LogP contribution in [0.2, 0.25) is 0 Å². The molecule has 8 heteroatoms. The second-order valence-electron chi connectivity index (χ2n) is 11.2. The van der Waals surface area contributed by atoms with Gasteiger partial charge >= 0.3 is 6.09 Å². The number of aromatic nitrogens is 1. The third-order valence-electron chi connectivity index (χ3n) is 7.63. The van der Waals surface area contributed by atoms with Gasteiger partial charge in [0.1, 0.15) is 11.5 Å². The molecule has 2 fully saturated rings. The van der Waals surface area contributed by atoms with Crippen LogP contribution in [0.3, 0.4) is 0 Å². The van der Waals surface area contributed by atoms with Gasteiger partial charge in [-0.1, -0.05) is 13.8 Å². The van der Waals surface area contributed by atoms with Crippen LogP contribution in [0.25, 0.3) is 0 Å². The Hall–Kier alpha value is -3.00. The molecule has 1 saturated carbocycles. The molecular formula is C28H38N4O4. The first-order valence-corrected chi connectivity index (χ1v) is 13.0. The Labute approximate surface area is 213 Å². The summed E-state index contributed by atoms with van der Waals surface area (Å²) in [6.07, 6.45) is 2.80. The Balaban J connectivity index is 1.38. The highest BCUT2D eigenvalue weighted by atomic mass is 16.6. The average molecular weight is 495 g/mol. The van der Waals surface area contributed by atoms with E-state index in [2.05, 4.69) is 32.6 Å². The van der Waals surface area contributed by atoms with Crippen LogP contribution in [0.15, 0.2) is 24.3 Å². The molecule has 2 N–H and O–H groups in total. The van der Waals surface area contributed by atoms with Gasteiger partial charge in [0, 0.05) is 37.5 Å². The van der Waals surface area contributed by atoms with Crippen LogP contribution in [0, 0.1) is 5.92 Å². The largest absolute Gasteiger partial charge is 0.497 e. The lowest BCUT2D eigenvalue weighted by molar-refractivity contribution is -0.0404. The summed E-state index contributed by atoms with van der Waals surface area (Å²) in [5, 5.41) is 0. The first-order chi connectivity index (χ1) is 17.2. The number of pyridine rings is 1. The third-order valence-corrected chi connectivity index (χ3v) is 7.63. The van der Waals surface area contributed by atoms with Crippen LogP contribution in [0.4, 0.5) is 16.3 Å². The molecule has 1 unspecified atom stereocenters. The van der Waals surface area contributed by atoms with E-state index in [1.54, 1.807) is 31.4 Å². The van der Waals surface area contributed by atoms with Crippen molar-refractivity contribution in [2.24, 2.45) is 5.92 Å². The number of hydrogen-bond donors (Lipinski definition) is 1. The highest BCUT2D eigenvalue weighted by Crippen LogP contribution is 2.46. The van der Waals surface area contributed by atoms with Crippen LogP contribution in [-0.2, 0) is 17.8 Å². The molecule has 3 heterocycles. The molecule has 8 nitrogen and oxygen atoms in total. The minimum atomic E-state index is -0.331. The SMILES string of the molecule is COc1ccc(OC(=O)N2CCN(c3nc(C4CC4)c4c(c3N)CC(C)(C)OC4)CC2C(C)C)cc1. The maximum Gasteiger partial charge on any atom is 0.415 e. The highest BCUT2D eigenvalue weighted by molar-refractivity contribution is 5.74. The molecule has 1 amide bonds. The summed E-state index contributed by atoms with van der Waals surface area (Å²) in [6.45, 7) is 11.0.